The second-order valence-corrected chi connectivity index (χ2v) is 4.05. The van der Waals surface area contributed by atoms with E-state index >= 15 is 0 Å². The van der Waals surface area contributed by atoms with Crippen molar-refractivity contribution >= 4 is 23.2 Å². The molecular formula is C10H15N5O3. The van der Waals surface area contributed by atoms with E-state index in [1.165, 1.54) is 6.07 Å². The number of hydrogen-bond acceptors (Lipinski definition) is 6. The zero-order valence-electron chi connectivity index (χ0n) is 10.2. The van der Waals surface area contributed by atoms with Gasteiger partial charge >= 0.3 is 0 Å². The molecule has 1 amide bonds. The lowest BCUT2D eigenvalue weighted by Gasteiger charge is -2.26. The molecule has 1 aromatic rings. The Kier molecular flexibility index (Phi) is 4.03. The summed E-state index contributed by atoms with van der Waals surface area (Å²) in [6.07, 6.45) is 0. The molecule has 0 radical (unpaired) electrons. The topological polar surface area (TPSA) is 128 Å². The standard InChI is InChI=1S/C10H15N5O3/c1-6(2)14(5-9(12)16)10-4-7(15(17)18)3-8(11)13-10/h3-4,6H,5H2,1-2H3,(H2,11,13)(H2,12,16). The molecule has 0 unspecified atom stereocenters. The number of hydrogen-bond donors (Lipinski definition) is 2. The predicted molar refractivity (Wildman–Crippen MR) is 67.0 cm³/mol. The minimum absolute atomic E-state index is 0.0225. The highest BCUT2D eigenvalue weighted by Crippen LogP contribution is 2.23. The van der Waals surface area contributed by atoms with Crippen molar-refractivity contribution in [2.24, 2.45) is 5.73 Å². The smallest absolute Gasteiger partial charge is 0.276 e. The number of nitrogens with two attached hydrogens (primary N) is 2. The normalized spacial score (nSPS) is 10.4. The third-order valence-corrected chi connectivity index (χ3v) is 2.27. The van der Waals surface area contributed by atoms with Crippen molar-refractivity contribution in [3.8, 4) is 0 Å². The highest BCUT2D eigenvalue weighted by atomic mass is 16.6. The van der Waals surface area contributed by atoms with Gasteiger partial charge in [-0.05, 0) is 13.8 Å². The summed E-state index contributed by atoms with van der Waals surface area (Å²) < 4.78 is 0. The highest BCUT2D eigenvalue weighted by Gasteiger charge is 2.18. The molecule has 4 N–H and O–H groups in total. The van der Waals surface area contributed by atoms with Crippen LogP contribution >= 0.6 is 0 Å². The number of aromatic nitrogens is 1. The fourth-order valence-electron chi connectivity index (χ4n) is 1.47. The van der Waals surface area contributed by atoms with E-state index in [0.717, 1.165) is 6.07 Å². The Labute approximate surface area is 104 Å². The summed E-state index contributed by atoms with van der Waals surface area (Å²) in [5, 5.41) is 10.7. The number of pyridine rings is 1. The molecule has 1 heterocycles. The lowest BCUT2D eigenvalue weighted by atomic mass is 10.2. The minimum Gasteiger partial charge on any atom is -0.383 e. The van der Waals surface area contributed by atoms with E-state index in [9.17, 15) is 14.9 Å². The van der Waals surface area contributed by atoms with Gasteiger partial charge in [0, 0.05) is 6.04 Å². The van der Waals surface area contributed by atoms with E-state index in [2.05, 4.69) is 4.98 Å². The van der Waals surface area contributed by atoms with E-state index in [-0.39, 0.29) is 29.9 Å². The van der Waals surface area contributed by atoms with Crippen LogP contribution < -0.4 is 16.4 Å². The molecule has 0 fully saturated rings. The molecular weight excluding hydrogens is 238 g/mol. The molecule has 0 atom stereocenters. The van der Waals surface area contributed by atoms with Crippen molar-refractivity contribution in [3.05, 3.63) is 22.2 Å². The summed E-state index contributed by atoms with van der Waals surface area (Å²) in [6, 6.07) is 2.33. The Morgan fingerprint density at radius 1 is 1.56 bits per heavy atom. The zero-order valence-corrected chi connectivity index (χ0v) is 10.2. The van der Waals surface area contributed by atoms with Crippen LogP contribution in [0.4, 0.5) is 17.3 Å². The highest BCUT2D eigenvalue weighted by molar-refractivity contribution is 5.79. The average Bonchev–Trinajstić information content (AvgIpc) is 2.24. The quantitative estimate of drug-likeness (QED) is 0.572. The molecule has 0 spiro atoms. The van der Waals surface area contributed by atoms with Gasteiger partial charge < -0.3 is 16.4 Å². The number of nitro groups is 1. The molecule has 8 nitrogen and oxygen atoms in total. The Morgan fingerprint density at radius 2 is 2.17 bits per heavy atom. The number of primary amides is 1. The van der Waals surface area contributed by atoms with Crippen molar-refractivity contribution in [3.63, 3.8) is 0 Å². The van der Waals surface area contributed by atoms with Crippen LogP contribution in [0.5, 0.6) is 0 Å². The maximum atomic E-state index is 11.0. The predicted octanol–water partition coefficient (Wildman–Crippen LogP) is 0.272. The minimum atomic E-state index is -0.565. The van der Waals surface area contributed by atoms with Gasteiger partial charge in [-0.1, -0.05) is 0 Å². The third-order valence-electron chi connectivity index (χ3n) is 2.27. The fourth-order valence-corrected chi connectivity index (χ4v) is 1.47. The first kappa shape index (κ1) is 13.7. The van der Waals surface area contributed by atoms with E-state index in [1.54, 1.807) is 4.90 Å². The second-order valence-electron chi connectivity index (χ2n) is 4.05. The lowest BCUT2D eigenvalue weighted by molar-refractivity contribution is -0.384. The molecule has 1 rings (SSSR count). The fraction of sp³-hybridized carbons (Fsp3) is 0.400. The van der Waals surface area contributed by atoms with E-state index < -0.39 is 10.8 Å². The number of nitrogens with zero attached hydrogens (tertiary/aromatic N) is 3. The van der Waals surface area contributed by atoms with Crippen molar-refractivity contribution in [1.29, 1.82) is 0 Å². The van der Waals surface area contributed by atoms with E-state index in [4.69, 9.17) is 11.5 Å². The van der Waals surface area contributed by atoms with Crippen LogP contribution in [-0.2, 0) is 4.79 Å². The van der Waals surface area contributed by atoms with Gasteiger partial charge in [0.2, 0.25) is 5.91 Å². The molecule has 0 aliphatic heterocycles. The maximum absolute atomic E-state index is 11.0. The summed E-state index contributed by atoms with van der Waals surface area (Å²) in [6.45, 7) is 3.56. The van der Waals surface area contributed by atoms with E-state index in [1.807, 2.05) is 13.8 Å². The van der Waals surface area contributed by atoms with Crippen molar-refractivity contribution in [1.82, 2.24) is 4.98 Å². The maximum Gasteiger partial charge on any atom is 0.276 e. The van der Waals surface area contributed by atoms with Gasteiger partial charge in [-0.15, -0.1) is 0 Å². The van der Waals surface area contributed by atoms with Gasteiger partial charge in [-0.3, -0.25) is 14.9 Å². The molecule has 1 aromatic heterocycles. The lowest BCUT2D eigenvalue weighted by Crippen LogP contribution is -2.39. The monoisotopic (exact) mass is 253 g/mol. The summed E-state index contributed by atoms with van der Waals surface area (Å²) in [5.41, 5.74) is 10.5. The molecule has 0 aromatic carbocycles. The summed E-state index contributed by atoms with van der Waals surface area (Å²) in [5.74, 6) is -0.264. The van der Waals surface area contributed by atoms with E-state index in [0.29, 0.717) is 0 Å². The van der Waals surface area contributed by atoms with Crippen LogP contribution in [0, 0.1) is 10.1 Å². The molecule has 0 aliphatic rings. The Morgan fingerprint density at radius 3 is 2.61 bits per heavy atom. The Bertz CT molecular complexity index is 475. The van der Waals surface area contributed by atoms with Gasteiger partial charge in [0.15, 0.2) is 0 Å². The first-order chi connectivity index (χ1) is 8.31. The van der Waals surface area contributed by atoms with Crippen LogP contribution in [0.25, 0.3) is 0 Å². The number of carbonyl (C=O) groups is 1. The number of anilines is 2. The SMILES string of the molecule is CC(C)N(CC(N)=O)c1cc([N+](=O)[O-])cc(N)n1. The van der Waals surface area contributed by atoms with Gasteiger partial charge in [0.25, 0.3) is 5.69 Å². The molecule has 0 saturated carbocycles. The number of carbonyl (C=O) groups excluding carboxylic acids is 1. The molecule has 18 heavy (non-hydrogen) atoms. The van der Waals surface area contributed by atoms with Gasteiger partial charge in [-0.25, -0.2) is 4.98 Å². The number of amides is 1. The zero-order chi connectivity index (χ0) is 13.9. The Balaban J connectivity index is 3.19. The van der Waals surface area contributed by atoms with Gasteiger partial charge in [0.1, 0.15) is 11.6 Å². The van der Waals surface area contributed by atoms with Crippen molar-refractivity contribution < 1.29 is 9.72 Å². The number of nitrogen functional groups attached to an aromatic ring is 1. The van der Waals surface area contributed by atoms with Crippen LogP contribution in [0.3, 0.4) is 0 Å². The van der Waals surface area contributed by atoms with Crippen molar-refractivity contribution in [2.75, 3.05) is 17.2 Å². The van der Waals surface area contributed by atoms with Crippen LogP contribution in [0.2, 0.25) is 0 Å². The first-order valence-corrected chi connectivity index (χ1v) is 5.28. The van der Waals surface area contributed by atoms with Crippen LogP contribution in [-0.4, -0.2) is 28.4 Å². The first-order valence-electron chi connectivity index (χ1n) is 5.28. The molecule has 98 valence electrons. The van der Waals surface area contributed by atoms with Crippen LogP contribution in [0.15, 0.2) is 12.1 Å². The summed E-state index contributed by atoms with van der Waals surface area (Å²) in [7, 11) is 0. The largest absolute Gasteiger partial charge is 0.383 e. The third kappa shape index (κ3) is 3.30. The van der Waals surface area contributed by atoms with Crippen LogP contribution in [0.1, 0.15) is 13.8 Å². The average molecular weight is 253 g/mol. The molecule has 0 aliphatic carbocycles. The van der Waals surface area contributed by atoms with Gasteiger partial charge in [-0.2, -0.15) is 0 Å². The van der Waals surface area contributed by atoms with Crippen molar-refractivity contribution in [2.45, 2.75) is 19.9 Å². The van der Waals surface area contributed by atoms with Gasteiger partial charge in [0.05, 0.1) is 23.6 Å². The second kappa shape index (κ2) is 5.30. The molecule has 8 heteroatoms. The summed E-state index contributed by atoms with van der Waals surface area (Å²) >= 11 is 0. The number of rotatable bonds is 5. The Hall–Kier alpha value is -2.38. The molecule has 0 saturated heterocycles. The molecule has 0 bridgehead atoms. The summed E-state index contributed by atoms with van der Waals surface area (Å²) in [4.78, 5) is 26.7.